The lowest BCUT2D eigenvalue weighted by molar-refractivity contribution is 0.502. The Morgan fingerprint density at radius 3 is 1.89 bits per heavy atom. The van der Waals surface area contributed by atoms with Gasteiger partial charge >= 0.3 is 0 Å². The fourth-order valence-corrected chi connectivity index (χ4v) is 5.14. The van der Waals surface area contributed by atoms with Crippen molar-refractivity contribution in [3.8, 4) is 0 Å². The van der Waals surface area contributed by atoms with Crippen molar-refractivity contribution in [2.75, 3.05) is 28.2 Å². The minimum atomic E-state index is -3.99. The van der Waals surface area contributed by atoms with Gasteiger partial charge in [0.05, 0.1) is 4.90 Å². The third-order valence-electron chi connectivity index (χ3n) is 2.27. The Morgan fingerprint density at radius 2 is 1.50 bits per heavy atom. The van der Waals surface area contributed by atoms with Gasteiger partial charge in [-0.05, 0) is 40.3 Å². The molecule has 1 aromatic rings. The second-order valence-corrected chi connectivity index (χ2v) is 8.72. The first-order valence-electron chi connectivity index (χ1n) is 5.19. The van der Waals surface area contributed by atoms with E-state index in [0.29, 0.717) is 0 Å². The maximum atomic E-state index is 14.6. The smallest absolute Gasteiger partial charge is 0.238 e. The van der Waals surface area contributed by atoms with Crippen molar-refractivity contribution >= 4 is 17.7 Å². The Hall–Kier alpha value is -0.750. The van der Waals surface area contributed by atoms with Crippen LogP contribution >= 0.6 is 7.67 Å². The molecule has 0 saturated heterocycles. The lowest BCUT2D eigenvalue weighted by Crippen LogP contribution is -2.19. The topological polar surface area (TPSA) is 53.0 Å². The van der Waals surface area contributed by atoms with Crippen molar-refractivity contribution in [3.63, 3.8) is 0 Å². The van der Waals surface area contributed by atoms with E-state index in [1.807, 2.05) is 0 Å². The monoisotopic (exact) mass is 293 g/mol. The summed E-state index contributed by atoms with van der Waals surface area (Å²) >= 11 is 0. The van der Waals surface area contributed by atoms with Crippen LogP contribution in [0.2, 0.25) is 0 Å². The summed E-state index contributed by atoms with van der Waals surface area (Å²) in [6, 6.07) is 7.63. The van der Waals surface area contributed by atoms with Gasteiger partial charge in [-0.25, -0.2) is 9.34 Å². The molecule has 8 heteroatoms. The second kappa shape index (κ2) is 5.48. The quantitative estimate of drug-likeness (QED) is 0.800. The number of sulfonamides is 1. The van der Waals surface area contributed by atoms with Crippen molar-refractivity contribution in [1.29, 1.82) is 0 Å². The van der Waals surface area contributed by atoms with E-state index in [9.17, 15) is 12.6 Å². The van der Waals surface area contributed by atoms with Gasteiger partial charge in [-0.3, -0.25) is 0 Å². The number of hydrogen-bond donors (Lipinski definition) is 0. The van der Waals surface area contributed by atoms with Gasteiger partial charge < -0.3 is 0 Å². The summed E-state index contributed by atoms with van der Waals surface area (Å²) in [6.07, 6.45) is 0. The zero-order valence-corrected chi connectivity index (χ0v) is 12.5. The Labute approximate surface area is 108 Å². The molecule has 0 radical (unpaired) electrons. The van der Waals surface area contributed by atoms with E-state index in [2.05, 4.69) is 4.15 Å². The van der Waals surface area contributed by atoms with Crippen molar-refractivity contribution in [3.05, 3.63) is 30.3 Å². The Morgan fingerprint density at radius 1 is 1.06 bits per heavy atom. The molecule has 0 atom stereocenters. The Kier molecular flexibility index (Phi) is 4.66. The van der Waals surface area contributed by atoms with Crippen LogP contribution in [0.1, 0.15) is 0 Å². The van der Waals surface area contributed by atoms with Crippen molar-refractivity contribution in [2.45, 2.75) is 4.90 Å². The molecule has 0 unspecified atom stereocenters. The predicted molar refractivity (Wildman–Crippen MR) is 71.5 cm³/mol. The minimum Gasteiger partial charge on any atom is -0.238 e. The summed E-state index contributed by atoms with van der Waals surface area (Å²) in [5.41, 5.74) is 0. The van der Waals surface area contributed by atoms with Crippen LogP contribution in [0.25, 0.3) is 0 Å². The van der Waals surface area contributed by atoms with Crippen LogP contribution in [0.15, 0.2) is 39.4 Å². The summed E-state index contributed by atoms with van der Waals surface area (Å²) in [7, 11) is -1.81. The lowest BCUT2D eigenvalue weighted by Gasteiger charge is -2.27. The maximum Gasteiger partial charge on any atom is 0.285 e. The van der Waals surface area contributed by atoms with Crippen LogP contribution in [0.3, 0.4) is 0 Å². The third-order valence-corrected chi connectivity index (χ3v) is 6.87. The van der Waals surface area contributed by atoms with Gasteiger partial charge in [0.2, 0.25) is 0 Å². The molecule has 0 bridgehead atoms. The SMILES string of the molecule is CN(C)P(F)(=NS(=O)(=O)c1ccccc1)N(C)C. The molecule has 0 heterocycles. The fraction of sp³-hybridized carbons (Fsp3) is 0.400. The summed E-state index contributed by atoms with van der Waals surface area (Å²) in [6.45, 7) is 0. The zero-order valence-electron chi connectivity index (χ0n) is 10.8. The second-order valence-electron chi connectivity index (χ2n) is 4.06. The van der Waals surface area contributed by atoms with Crippen LogP contribution in [-0.4, -0.2) is 45.9 Å². The van der Waals surface area contributed by atoms with Crippen LogP contribution in [0.5, 0.6) is 0 Å². The van der Waals surface area contributed by atoms with Gasteiger partial charge in [0.25, 0.3) is 17.7 Å². The largest absolute Gasteiger partial charge is 0.285 e. The summed E-state index contributed by atoms with van der Waals surface area (Å²) < 4.78 is 44.6. The molecule has 0 aliphatic heterocycles. The summed E-state index contributed by atoms with van der Waals surface area (Å²) in [5, 5.41) is 0. The highest BCUT2D eigenvalue weighted by atomic mass is 32.2. The Balaban J connectivity index is 3.39. The van der Waals surface area contributed by atoms with E-state index in [1.165, 1.54) is 49.7 Å². The molecule has 18 heavy (non-hydrogen) atoms. The molecule has 5 nitrogen and oxygen atoms in total. The van der Waals surface area contributed by atoms with Gasteiger partial charge in [0, 0.05) is 0 Å². The number of halogens is 1. The van der Waals surface area contributed by atoms with E-state index in [1.54, 1.807) is 18.2 Å². The first kappa shape index (κ1) is 15.3. The molecule has 102 valence electrons. The zero-order chi connectivity index (χ0) is 14.0. The highest BCUT2D eigenvalue weighted by Gasteiger charge is 2.29. The van der Waals surface area contributed by atoms with E-state index in [4.69, 9.17) is 0 Å². The minimum absolute atomic E-state index is 0.00396. The highest BCUT2D eigenvalue weighted by molar-refractivity contribution is 7.93. The summed E-state index contributed by atoms with van der Waals surface area (Å²) in [4.78, 5) is -0.00396. The predicted octanol–water partition coefficient (Wildman–Crippen LogP) is 2.41. The van der Waals surface area contributed by atoms with E-state index in [-0.39, 0.29) is 4.90 Å². The molecule has 1 rings (SSSR count). The first-order chi connectivity index (χ1) is 8.20. The van der Waals surface area contributed by atoms with Gasteiger partial charge in [-0.15, -0.1) is 4.15 Å². The molecule has 0 aromatic heterocycles. The number of rotatable bonds is 4. The molecule has 0 spiro atoms. The molecule has 1 aromatic carbocycles. The van der Waals surface area contributed by atoms with Crippen LogP contribution in [-0.2, 0) is 10.0 Å². The number of nitrogens with zero attached hydrogens (tertiary/aromatic N) is 3. The van der Waals surface area contributed by atoms with Crippen LogP contribution in [0, 0.1) is 0 Å². The third kappa shape index (κ3) is 3.17. The average Bonchev–Trinajstić information content (AvgIpc) is 2.29. The Bertz CT molecular complexity index is 546. The van der Waals surface area contributed by atoms with Crippen molar-refractivity contribution in [2.24, 2.45) is 4.15 Å². The molecule has 0 fully saturated rings. The van der Waals surface area contributed by atoms with E-state index in [0.717, 1.165) is 0 Å². The van der Waals surface area contributed by atoms with Crippen LogP contribution < -0.4 is 0 Å². The van der Waals surface area contributed by atoms with Crippen molar-refractivity contribution in [1.82, 2.24) is 9.34 Å². The summed E-state index contributed by atoms with van der Waals surface area (Å²) in [5.74, 6) is 0. The van der Waals surface area contributed by atoms with Gasteiger partial charge in [-0.1, -0.05) is 18.2 Å². The van der Waals surface area contributed by atoms with Crippen molar-refractivity contribution < 1.29 is 12.6 Å². The van der Waals surface area contributed by atoms with Gasteiger partial charge in [-0.2, -0.15) is 12.6 Å². The standard InChI is InChI=1S/C10H17FN3O2PS/c1-13(2)17(11,14(3)4)12-18(15,16)10-8-6-5-7-9-10/h5-9H,1-4H3. The molecule has 0 N–H and O–H groups in total. The van der Waals surface area contributed by atoms with E-state index < -0.39 is 17.7 Å². The van der Waals surface area contributed by atoms with Gasteiger partial charge in [0.1, 0.15) is 0 Å². The molecule has 0 aliphatic carbocycles. The molecule has 0 aliphatic rings. The number of benzene rings is 1. The van der Waals surface area contributed by atoms with E-state index >= 15 is 0 Å². The molecular weight excluding hydrogens is 276 g/mol. The number of hydrogen-bond acceptors (Lipinski definition) is 2. The van der Waals surface area contributed by atoms with Crippen LogP contribution in [0.4, 0.5) is 4.20 Å². The average molecular weight is 293 g/mol. The maximum absolute atomic E-state index is 14.6. The molecule has 0 amide bonds. The molecular formula is C10H17FN3O2PS. The molecule has 0 saturated carbocycles. The fourth-order valence-electron chi connectivity index (χ4n) is 1.28. The normalized spacial score (nSPS) is 13.1. The lowest BCUT2D eigenvalue weighted by atomic mass is 10.4. The first-order valence-corrected chi connectivity index (χ1v) is 8.17. The van der Waals surface area contributed by atoms with Gasteiger partial charge in [0.15, 0.2) is 0 Å². The highest BCUT2D eigenvalue weighted by Crippen LogP contribution is 2.56.